The van der Waals surface area contributed by atoms with Gasteiger partial charge in [-0.1, -0.05) is 48.0 Å². The summed E-state index contributed by atoms with van der Waals surface area (Å²) in [5, 5.41) is 5.82. The molecule has 2 aromatic rings. The highest BCUT2D eigenvalue weighted by Crippen LogP contribution is 2.32. The molecular weight excluding hydrogens is 400 g/mol. The number of benzene rings is 2. The van der Waals surface area contributed by atoms with E-state index >= 15 is 0 Å². The Morgan fingerprint density at radius 1 is 1.24 bits per heavy atom. The average molecular weight is 421 g/mol. The summed E-state index contributed by atoms with van der Waals surface area (Å²) in [6.07, 6.45) is 0. The van der Waals surface area contributed by atoms with E-state index < -0.39 is 0 Å². The Labute approximate surface area is 162 Å². The number of aryl methyl sites for hydroxylation is 1. The molecule has 25 heavy (non-hydrogen) atoms. The van der Waals surface area contributed by atoms with Gasteiger partial charge in [-0.3, -0.25) is 10.1 Å². The fraction of sp³-hybridized carbons (Fsp3) is 0.263. The van der Waals surface area contributed by atoms with Crippen molar-refractivity contribution in [2.24, 2.45) is 0 Å². The molecule has 2 N–H and O–H groups in total. The predicted molar refractivity (Wildman–Crippen MR) is 109 cm³/mol. The molecule has 0 saturated heterocycles. The van der Waals surface area contributed by atoms with Crippen LogP contribution in [0.15, 0.2) is 46.9 Å². The maximum absolute atomic E-state index is 12.1. The number of rotatable bonds is 5. The van der Waals surface area contributed by atoms with Crippen LogP contribution in [0.4, 0.5) is 5.69 Å². The van der Waals surface area contributed by atoms with E-state index in [4.69, 9.17) is 17.0 Å². The predicted octanol–water partition coefficient (Wildman–Crippen LogP) is 4.77. The number of amides is 1. The average Bonchev–Trinajstić information content (AvgIpc) is 2.56. The van der Waals surface area contributed by atoms with E-state index in [2.05, 4.69) is 40.4 Å². The number of carbonyl (C=O) groups excluding carboxylic acids is 1. The molecule has 2 aromatic carbocycles. The molecule has 0 radical (unpaired) electrons. The second-order valence-corrected chi connectivity index (χ2v) is 7.21. The van der Waals surface area contributed by atoms with Crippen molar-refractivity contribution in [1.82, 2.24) is 5.32 Å². The number of hydrogen-bond donors (Lipinski definition) is 2. The number of nitrogens with one attached hydrogen (secondary N) is 2. The number of halogens is 1. The minimum Gasteiger partial charge on any atom is -0.483 e. The van der Waals surface area contributed by atoms with Crippen molar-refractivity contribution >= 4 is 44.9 Å². The van der Waals surface area contributed by atoms with Crippen LogP contribution in [0, 0.1) is 6.92 Å². The first kappa shape index (κ1) is 19.4. The summed E-state index contributed by atoms with van der Waals surface area (Å²) in [5.74, 6) is 0.701. The second kappa shape index (κ2) is 8.97. The molecule has 0 aliphatic carbocycles. The normalized spacial score (nSPS) is 10.4. The molecule has 0 aromatic heterocycles. The Morgan fingerprint density at radius 2 is 1.92 bits per heavy atom. The maximum atomic E-state index is 12.1. The van der Waals surface area contributed by atoms with Crippen molar-refractivity contribution in [3.05, 3.63) is 58.1 Å². The lowest BCUT2D eigenvalue weighted by Gasteiger charge is -2.16. The van der Waals surface area contributed by atoms with Gasteiger partial charge in [0, 0.05) is 10.2 Å². The third kappa shape index (κ3) is 5.83. The molecule has 0 unspecified atom stereocenters. The zero-order chi connectivity index (χ0) is 18.4. The van der Waals surface area contributed by atoms with Crippen molar-refractivity contribution in [2.45, 2.75) is 26.7 Å². The van der Waals surface area contributed by atoms with Gasteiger partial charge in [0.05, 0.1) is 0 Å². The summed E-state index contributed by atoms with van der Waals surface area (Å²) in [5.41, 5.74) is 2.93. The molecule has 0 aliphatic rings. The van der Waals surface area contributed by atoms with E-state index in [1.807, 2.05) is 49.4 Å². The van der Waals surface area contributed by atoms with Crippen LogP contribution in [-0.4, -0.2) is 17.6 Å². The highest BCUT2D eigenvalue weighted by atomic mass is 79.9. The summed E-state index contributed by atoms with van der Waals surface area (Å²) in [6.45, 7) is 6.06. The Kier molecular flexibility index (Phi) is 6.96. The zero-order valence-electron chi connectivity index (χ0n) is 14.4. The van der Waals surface area contributed by atoms with Gasteiger partial charge in [0.15, 0.2) is 11.7 Å². The van der Waals surface area contributed by atoms with Crippen LogP contribution >= 0.6 is 28.1 Å². The zero-order valence-corrected chi connectivity index (χ0v) is 16.8. The van der Waals surface area contributed by atoms with Crippen molar-refractivity contribution in [3.63, 3.8) is 0 Å². The highest BCUT2D eigenvalue weighted by Gasteiger charge is 2.13. The van der Waals surface area contributed by atoms with Crippen LogP contribution in [0.2, 0.25) is 0 Å². The van der Waals surface area contributed by atoms with Gasteiger partial charge >= 0.3 is 0 Å². The van der Waals surface area contributed by atoms with Gasteiger partial charge in [-0.05, 0) is 60.5 Å². The highest BCUT2D eigenvalue weighted by molar-refractivity contribution is 9.10. The topological polar surface area (TPSA) is 50.4 Å². The standard InChI is InChI=1S/C19H21BrN2O2S/c1-12(2)15-10-16(20)13(3)9-17(15)24-11-18(23)22-19(25)21-14-7-5-4-6-8-14/h4-10,12H,11H2,1-3H3,(H2,21,22,23,25). The van der Waals surface area contributed by atoms with Gasteiger partial charge in [-0.25, -0.2) is 0 Å². The summed E-state index contributed by atoms with van der Waals surface area (Å²) in [4.78, 5) is 12.1. The number of thiocarbonyl (C=S) groups is 1. The molecule has 4 nitrogen and oxygen atoms in total. The monoisotopic (exact) mass is 420 g/mol. The smallest absolute Gasteiger partial charge is 0.264 e. The largest absolute Gasteiger partial charge is 0.483 e. The van der Waals surface area contributed by atoms with Crippen molar-refractivity contribution in [3.8, 4) is 5.75 Å². The molecule has 132 valence electrons. The fourth-order valence-electron chi connectivity index (χ4n) is 2.24. The summed E-state index contributed by atoms with van der Waals surface area (Å²) in [6, 6.07) is 13.4. The Bertz CT molecular complexity index is 764. The number of ether oxygens (including phenoxy) is 1. The minimum atomic E-state index is -0.302. The van der Waals surface area contributed by atoms with E-state index in [1.165, 1.54) is 0 Å². The maximum Gasteiger partial charge on any atom is 0.264 e. The first-order valence-corrected chi connectivity index (χ1v) is 9.15. The van der Waals surface area contributed by atoms with Gasteiger partial charge in [-0.15, -0.1) is 0 Å². The van der Waals surface area contributed by atoms with Crippen LogP contribution in [0.5, 0.6) is 5.75 Å². The molecule has 1 amide bonds. The van der Waals surface area contributed by atoms with E-state index in [1.54, 1.807) is 0 Å². The van der Waals surface area contributed by atoms with Gasteiger partial charge in [0.1, 0.15) is 5.75 Å². The number of hydrogen-bond acceptors (Lipinski definition) is 3. The molecule has 0 heterocycles. The van der Waals surface area contributed by atoms with E-state index in [-0.39, 0.29) is 23.5 Å². The van der Waals surface area contributed by atoms with Crippen molar-refractivity contribution < 1.29 is 9.53 Å². The number of para-hydroxylation sites is 1. The first-order chi connectivity index (χ1) is 11.9. The summed E-state index contributed by atoms with van der Waals surface area (Å²) >= 11 is 8.68. The van der Waals surface area contributed by atoms with Crippen molar-refractivity contribution in [1.29, 1.82) is 0 Å². The third-order valence-corrected chi connectivity index (χ3v) is 4.61. The number of carbonyl (C=O) groups is 1. The molecule has 0 spiro atoms. The third-order valence-electron chi connectivity index (χ3n) is 3.56. The molecule has 0 aliphatic heterocycles. The summed E-state index contributed by atoms with van der Waals surface area (Å²) < 4.78 is 6.76. The molecule has 0 bridgehead atoms. The molecule has 0 saturated carbocycles. The van der Waals surface area contributed by atoms with Crippen LogP contribution in [-0.2, 0) is 4.79 Å². The Morgan fingerprint density at radius 3 is 2.56 bits per heavy atom. The van der Waals surface area contributed by atoms with Crippen molar-refractivity contribution in [2.75, 3.05) is 11.9 Å². The van der Waals surface area contributed by atoms with Gasteiger partial charge in [-0.2, -0.15) is 0 Å². The van der Waals surface area contributed by atoms with Gasteiger partial charge in [0.2, 0.25) is 0 Å². The molecule has 0 atom stereocenters. The lowest BCUT2D eigenvalue weighted by atomic mass is 10.0. The fourth-order valence-corrected chi connectivity index (χ4v) is 2.83. The molecule has 0 fully saturated rings. The quantitative estimate of drug-likeness (QED) is 0.683. The van der Waals surface area contributed by atoms with E-state index in [0.29, 0.717) is 5.75 Å². The lowest BCUT2D eigenvalue weighted by molar-refractivity contribution is -0.121. The molecule has 6 heteroatoms. The summed E-state index contributed by atoms with van der Waals surface area (Å²) in [7, 11) is 0. The van der Waals surface area contributed by atoms with Gasteiger partial charge in [0.25, 0.3) is 5.91 Å². The van der Waals surface area contributed by atoms with Crippen LogP contribution in [0.1, 0.15) is 30.9 Å². The Balaban J connectivity index is 1.94. The number of anilines is 1. The van der Waals surface area contributed by atoms with Gasteiger partial charge < -0.3 is 10.1 Å². The SMILES string of the molecule is Cc1cc(OCC(=O)NC(=S)Nc2ccccc2)c(C(C)C)cc1Br. The molecule has 2 rings (SSSR count). The molecular formula is C19H21BrN2O2S. The van der Waals surface area contributed by atoms with Crippen LogP contribution < -0.4 is 15.4 Å². The second-order valence-electron chi connectivity index (χ2n) is 5.95. The van der Waals surface area contributed by atoms with Crippen LogP contribution in [0.3, 0.4) is 0 Å². The van der Waals surface area contributed by atoms with Crippen LogP contribution in [0.25, 0.3) is 0 Å². The minimum absolute atomic E-state index is 0.0998. The van der Waals surface area contributed by atoms with E-state index in [9.17, 15) is 4.79 Å². The van der Waals surface area contributed by atoms with E-state index in [0.717, 1.165) is 21.3 Å². The Hall–Kier alpha value is -1.92. The lowest BCUT2D eigenvalue weighted by Crippen LogP contribution is -2.37. The first-order valence-electron chi connectivity index (χ1n) is 7.95.